The van der Waals surface area contributed by atoms with Gasteiger partial charge in [-0.3, -0.25) is 4.79 Å². The maximum Gasteiger partial charge on any atom is 0.277 e. The van der Waals surface area contributed by atoms with Crippen LogP contribution in [0.4, 0.5) is 0 Å². The van der Waals surface area contributed by atoms with Gasteiger partial charge in [-0.2, -0.15) is 0 Å². The predicted octanol–water partition coefficient (Wildman–Crippen LogP) is 2.65. The number of quaternary nitrogens is 1. The van der Waals surface area contributed by atoms with E-state index in [9.17, 15) is 4.79 Å². The number of ketones is 1. The largest absolute Gasteiger partial charge is 0.416 e. The Hall–Kier alpha value is -1.37. The van der Waals surface area contributed by atoms with Gasteiger partial charge in [-0.05, 0) is 43.5 Å². The number of carbonyl (C=O) groups excluding carboxylic acids is 1. The molecule has 0 spiro atoms. The van der Waals surface area contributed by atoms with Crippen LogP contribution < -0.4 is 5.73 Å². The van der Waals surface area contributed by atoms with Crippen LogP contribution in [0.15, 0.2) is 33.9 Å². The number of hydrogen-bond acceptors (Lipinski definition) is 5. The van der Waals surface area contributed by atoms with Crippen molar-refractivity contribution in [2.45, 2.75) is 30.9 Å². The molecule has 3 N–H and O–H groups in total. The van der Waals surface area contributed by atoms with Crippen molar-refractivity contribution in [3.63, 3.8) is 0 Å². The van der Waals surface area contributed by atoms with E-state index in [2.05, 4.69) is 15.9 Å². The first-order valence-corrected chi connectivity index (χ1v) is 8.58. The molecule has 0 unspecified atom stereocenters. The molecule has 22 heavy (non-hydrogen) atoms. The predicted molar refractivity (Wildman–Crippen MR) is 86.1 cm³/mol. The van der Waals surface area contributed by atoms with Crippen LogP contribution in [-0.2, 0) is 6.42 Å². The molecule has 0 fully saturated rings. The summed E-state index contributed by atoms with van der Waals surface area (Å²) in [5.74, 6) is 0.910. The van der Waals surface area contributed by atoms with Crippen LogP contribution in [0.1, 0.15) is 35.5 Å². The first-order chi connectivity index (χ1) is 10.7. The fraction of sp³-hybridized carbons (Fsp3) is 0.400. The standard InChI is InChI=1S/C15H18ClN3O2S/c16-12-7-5-11(6-8-12)13(20)10-22-15-19-18-14(21-15)4-2-1-3-9-17/h5-8H,1-4,9-10,17H2/p+1. The van der Waals surface area contributed by atoms with Crippen molar-refractivity contribution in [3.8, 4) is 0 Å². The van der Waals surface area contributed by atoms with Crippen LogP contribution in [0, 0.1) is 0 Å². The highest BCUT2D eigenvalue weighted by molar-refractivity contribution is 7.99. The van der Waals surface area contributed by atoms with E-state index in [1.54, 1.807) is 24.3 Å². The second kappa shape index (κ2) is 8.92. The van der Waals surface area contributed by atoms with Crippen LogP contribution in [0.3, 0.4) is 0 Å². The summed E-state index contributed by atoms with van der Waals surface area (Å²) < 4.78 is 5.52. The molecule has 7 heteroatoms. The molecular formula is C15H19ClN3O2S+. The summed E-state index contributed by atoms with van der Waals surface area (Å²) in [6, 6.07) is 6.84. The van der Waals surface area contributed by atoms with Gasteiger partial charge < -0.3 is 10.2 Å². The fourth-order valence-corrected chi connectivity index (χ4v) is 2.67. The summed E-state index contributed by atoms with van der Waals surface area (Å²) in [7, 11) is 0. The van der Waals surface area contributed by atoms with Gasteiger partial charge in [0.25, 0.3) is 5.22 Å². The summed E-state index contributed by atoms with van der Waals surface area (Å²) in [5.41, 5.74) is 4.44. The van der Waals surface area contributed by atoms with E-state index in [4.69, 9.17) is 16.0 Å². The first-order valence-electron chi connectivity index (χ1n) is 7.22. The number of carbonyl (C=O) groups is 1. The van der Waals surface area contributed by atoms with Crippen LogP contribution in [0.2, 0.25) is 5.02 Å². The lowest BCUT2D eigenvalue weighted by molar-refractivity contribution is -0.368. The van der Waals surface area contributed by atoms with E-state index in [-0.39, 0.29) is 11.5 Å². The van der Waals surface area contributed by atoms with Gasteiger partial charge >= 0.3 is 0 Å². The molecule has 0 aliphatic heterocycles. The Kier molecular flexibility index (Phi) is 6.89. The third-order valence-electron chi connectivity index (χ3n) is 3.08. The molecule has 0 saturated heterocycles. The molecule has 0 atom stereocenters. The van der Waals surface area contributed by atoms with Gasteiger partial charge in [-0.25, -0.2) is 0 Å². The highest BCUT2D eigenvalue weighted by atomic mass is 35.5. The van der Waals surface area contributed by atoms with Crippen LogP contribution in [0.25, 0.3) is 0 Å². The molecule has 0 aliphatic carbocycles. The number of thioether (sulfide) groups is 1. The second-order valence-electron chi connectivity index (χ2n) is 4.84. The molecule has 1 aromatic carbocycles. The SMILES string of the molecule is [NH3+]CCCCCc1nnc(SCC(=O)c2ccc(Cl)cc2)o1. The monoisotopic (exact) mass is 340 g/mol. The molecule has 118 valence electrons. The van der Waals surface area contributed by atoms with Crippen molar-refractivity contribution in [2.75, 3.05) is 12.3 Å². The quantitative estimate of drug-likeness (QED) is 0.431. The number of Topliss-reactive ketones (excluding diaryl/α,β-unsaturated/α-hetero) is 1. The Morgan fingerprint density at radius 3 is 2.68 bits per heavy atom. The van der Waals surface area contributed by atoms with Crippen molar-refractivity contribution in [1.82, 2.24) is 10.2 Å². The van der Waals surface area contributed by atoms with Crippen molar-refractivity contribution in [1.29, 1.82) is 0 Å². The highest BCUT2D eigenvalue weighted by Gasteiger charge is 2.11. The lowest BCUT2D eigenvalue weighted by Gasteiger charge is -1.99. The van der Waals surface area contributed by atoms with Crippen LogP contribution in [-0.4, -0.2) is 28.3 Å². The van der Waals surface area contributed by atoms with Crippen molar-refractivity contribution < 1.29 is 14.9 Å². The number of aromatic nitrogens is 2. The number of benzene rings is 1. The Morgan fingerprint density at radius 2 is 1.95 bits per heavy atom. The Morgan fingerprint density at radius 1 is 1.18 bits per heavy atom. The molecule has 1 heterocycles. The lowest BCUT2D eigenvalue weighted by atomic mass is 10.1. The first kappa shape index (κ1) is 17.0. The molecule has 0 saturated carbocycles. The smallest absolute Gasteiger partial charge is 0.277 e. The zero-order chi connectivity index (χ0) is 15.8. The molecule has 0 bridgehead atoms. The normalized spacial score (nSPS) is 10.8. The summed E-state index contributed by atoms with van der Waals surface area (Å²) >= 11 is 7.06. The van der Waals surface area contributed by atoms with E-state index < -0.39 is 0 Å². The average Bonchev–Trinajstić information content (AvgIpc) is 2.98. The maximum atomic E-state index is 12.0. The van der Waals surface area contributed by atoms with E-state index in [1.165, 1.54) is 11.8 Å². The number of nitrogens with zero attached hydrogens (tertiary/aromatic N) is 2. The molecular weight excluding hydrogens is 322 g/mol. The molecule has 0 aliphatic rings. The number of aryl methyl sites for hydroxylation is 1. The van der Waals surface area contributed by atoms with E-state index >= 15 is 0 Å². The average molecular weight is 341 g/mol. The van der Waals surface area contributed by atoms with Gasteiger partial charge in [-0.15, -0.1) is 10.2 Å². The molecule has 0 radical (unpaired) electrons. The Bertz CT molecular complexity index is 601. The minimum atomic E-state index is 0.0110. The van der Waals surface area contributed by atoms with Crippen molar-refractivity contribution >= 4 is 29.1 Å². The minimum absolute atomic E-state index is 0.0110. The van der Waals surface area contributed by atoms with E-state index in [1.807, 2.05) is 0 Å². The zero-order valence-corrected chi connectivity index (χ0v) is 13.8. The molecule has 0 amide bonds. The molecule has 2 rings (SSSR count). The minimum Gasteiger partial charge on any atom is -0.416 e. The van der Waals surface area contributed by atoms with E-state index in [0.29, 0.717) is 21.7 Å². The van der Waals surface area contributed by atoms with Gasteiger partial charge in [0, 0.05) is 17.0 Å². The summed E-state index contributed by atoms with van der Waals surface area (Å²) in [6.07, 6.45) is 4.03. The Balaban J connectivity index is 1.78. The Labute approximate surface area is 138 Å². The number of rotatable bonds is 9. The number of unbranched alkanes of at least 4 members (excludes halogenated alkanes) is 2. The van der Waals surface area contributed by atoms with Crippen LogP contribution >= 0.6 is 23.4 Å². The number of hydrogen-bond donors (Lipinski definition) is 1. The van der Waals surface area contributed by atoms with Crippen LogP contribution in [0.5, 0.6) is 0 Å². The third kappa shape index (κ3) is 5.44. The summed E-state index contributed by atoms with van der Waals surface area (Å²) in [4.78, 5) is 12.0. The highest BCUT2D eigenvalue weighted by Crippen LogP contribution is 2.19. The van der Waals surface area contributed by atoms with Crippen molar-refractivity contribution in [2.24, 2.45) is 0 Å². The zero-order valence-electron chi connectivity index (χ0n) is 12.3. The summed E-state index contributed by atoms with van der Waals surface area (Å²) in [5, 5.41) is 9.00. The van der Waals surface area contributed by atoms with Gasteiger partial charge in [0.15, 0.2) is 5.78 Å². The lowest BCUT2D eigenvalue weighted by Crippen LogP contribution is -2.50. The van der Waals surface area contributed by atoms with E-state index in [0.717, 1.165) is 32.2 Å². The van der Waals surface area contributed by atoms with Gasteiger partial charge in [0.1, 0.15) is 0 Å². The van der Waals surface area contributed by atoms with Gasteiger partial charge in [0.2, 0.25) is 5.89 Å². The second-order valence-corrected chi connectivity index (χ2v) is 6.21. The molecule has 2 aromatic rings. The number of halogens is 1. The summed E-state index contributed by atoms with van der Waals surface area (Å²) in [6.45, 7) is 0.956. The molecule has 5 nitrogen and oxygen atoms in total. The topological polar surface area (TPSA) is 83.6 Å². The van der Waals surface area contributed by atoms with Crippen molar-refractivity contribution in [3.05, 3.63) is 40.7 Å². The fourth-order valence-electron chi connectivity index (χ4n) is 1.87. The molecule has 1 aromatic heterocycles. The maximum absolute atomic E-state index is 12.0. The third-order valence-corrected chi connectivity index (χ3v) is 4.15. The van der Waals surface area contributed by atoms with Gasteiger partial charge in [-0.1, -0.05) is 23.4 Å². The van der Waals surface area contributed by atoms with Gasteiger partial charge in [0.05, 0.1) is 12.3 Å².